The summed E-state index contributed by atoms with van der Waals surface area (Å²) in [5.41, 5.74) is 3.21. The van der Waals surface area contributed by atoms with Gasteiger partial charge in [-0.2, -0.15) is 8.78 Å². The van der Waals surface area contributed by atoms with Crippen LogP contribution >= 0.6 is 11.6 Å². The molecule has 0 radical (unpaired) electrons. The van der Waals surface area contributed by atoms with E-state index in [1.165, 1.54) is 12.1 Å². The van der Waals surface area contributed by atoms with Crippen LogP contribution in [0.5, 0.6) is 5.75 Å². The van der Waals surface area contributed by atoms with Crippen molar-refractivity contribution in [2.75, 3.05) is 58.7 Å². The van der Waals surface area contributed by atoms with Crippen LogP contribution in [0.25, 0.3) is 16.9 Å². The number of aromatic nitrogens is 3. The number of anilines is 2. The summed E-state index contributed by atoms with van der Waals surface area (Å²) in [6, 6.07) is 11.6. The molecule has 0 spiro atoms. The van der Waals surface area contributed by atoms with E-state index in [1.54, 1.807) is 48.9 Å². The maximum Gasteiger partial charge on any atom is 0.387 e. The Morgan fingerprint density at radius 2 is 1.85 bits per heavy atom. The van der Waals surface area contributed by atoms with E-state index in [-0.39, 0.29) is 11.7 Å². The SMILES string of the molecule is CN(C)CCN1CCN(C(=O)c2ccc(Nc3nccn4c(-c5ccc(OC(F)F)cc5)cnc34)cc2Cl)CC1. The van der Waals surface area contributed by atoms with E-state index in [4.69, 9.17) is 11.6 Å². The quantitative estimate of drug-likeness (QED) is 0.313. The Balaban J connectivity index is 1.28. The Morgan fingerprint density at radius 1 is 1.10 bits per heavy atom. The normalized spacial score (nSPS) is 14.3. The molecule has 1 amide bonds. The van der Waals surface area contributed by atoms with Crippen molar-refractivity contribution in [1.29, 1.82) is 0 Å². The Hall–Kier alpha value is -3.80. The molecule has 1 saturated heterocycles. The van der Waals surface area contributed by atoms with Crippen LogP contribution in [0.1, 0.15) is 10.4 Å². The number of piperazine rings is 1. The summed E-state index contributed by atoms with van der Waals surface area (Å²) in [6.45, 7) is 2.10. The topological polar surface area (TPSA) is 78.2 Å². The highest BCUT2D eigenvalue weighted by Gasteiger charge is 2.24. The third kappa shape index (κ3) is 6.33. The molecular formula is C28H30ClF2N7O2. The molecule has 0 saturated carbocycles. The third-order valence-corrected chi connectivity index (χ3v) is 7.10. The first-order valence-electron chi connectivity index (χ1n) is 12.9. The number of imidazole rings is 1. The first kappa shape index (κ1) is 27.8. The number of benzene rings is 2. The van der Waals surface area contributed by atoms with Crippen LogP contribution in [0.4, 0.5) is 20.3 Å². The Kier molecular flexibility index (Phi) is 8.43. The number of hydrogen-bond donors (Lipinski definition) is 1. The van der Waals surface area contributed by atoms with E-state index >= 15 is 0 Å². The first-order valence-corrected chi connectivity index (χ1v) is 13.3. The monoisotopic (exact) mass is 569 g/mol. The van der Waals surface area contributed by atoms with Gasteiger partial charge < -0.3 is 19.9 Å². The average molecular weight is 570 g/mol. The van der Waals surface area contributed by atoms with Crippen molar-refractivity contribution in [3.63, 3.8) is 0 Å². The molecule has 0 atom stereocenters. The molecule has 5 rings (SSSR count). The lowest BCUT2D eigenvalue weighted by molar-refractivity contribution is -0.0498. The van der Waals surface area contributed by atoms with Crippen LogP contribution < -0.4 is 10.1 Å². The highest BCUT2D eigenvalue weighted by atomic mass is 35.5. The number of nitrogens with zero attached hydrogens (tertiary/aromatic N) is 6. The fraction of sp³-hybridized carbons (Fsp3) is 0.321. The fourth-order valence-corrected chi connectivity index (χ4v) is 4.88. The predicted octanol–water partition coefficient (Wildman–Crippen LogP) is 4.71. The number of nitrogens with one attached hydrogen (secondary N) is 1. The zero-order valence-electron chi connectivity index (χ0n) is 22.2. The van der Waals surface area contributed by atoms with Gasteiger partial charge in [-0.3, -0.25) is 14.1 Å². The van der Waals surface area contributed by atoms with E-state index in [1.807, 2.05) is 9.30 Å². The van der Waals surface area contributed by atoms with Crippen molar-refractivity contribution in [2.45, 2.75) is 6.61 Å². The standard InChI is InChI=1S/C28H30ClF2N7O2/c1-35(2)11-12-36-13-15-37(16-14-36)27(39)22-8-5-20(17-23(22)29)34-25-26-33-18-24(38(26)10-9-32-25)19-3-6-21(7-4-19)40-28(30)31/h3-10,17-18,28H,11-16H2,1-2H3,(H,32,34). The van der Waals surface area contributed by atoms with Crippen LogP contribution in [0.3, 0.4) is 0 Å². The van der Waals surface area contributed by atoms with Gasteiger partial charge >= 0.3 is 6.61 Å². The lowest BCUT2D eigenvalue weighted by Gasteiger charge is -2.35. The molecule has 0 bridgehead atoms. The summed E-state index contributed by atoms with van der Waals surface area (Å²) in [4.78, 5) is 28.5. The molecule has 9 nitrogen and oxygen atoms in total. The molecule has 1 N–H and O–H groups in total. The number of ether oxygens (including phenoxy) is 1. The lowest BCUT2D eigenvalue weighted by atomic mass is 10.1. The van der Waals surface area contributed by atoms with Gasteiger partial charge in [-0.25, -0.2) is 9.97 Å². The second kappa shape index (κ2) is 12.2. The molecular weight excluding hydrogens is 540 g/mol. The number of likely N-dealkylation sites (N-methyl/N-ethyl adjacent to an activating group) is 1. The van der Waals surface area contributed by atoms with Crippen molar-refractivity contribution >= 4 is 34.7 Å². The third-order valence-electron chi connectivity index (χ3n) is 6.79. The van der Waals surface area contributed by atoms with E-state index in [0.29, 0.717) is 40.8 Å². The average Bonchev–Trinajstić information content (AvgIpc) is 3.37. The summed E-state index contributed by atoms with van der Waals surface area (Å²) < 4.78 is 31.2. The van der Waals surface area contributed by atoms with Crippen LogP contribution in [0, 0.1) is 0 Å². The molecule has 2 aromatic heterocycles. The number of rotatable bonds is 9. The van der Waals surface area contributed by atoms with Gasteiger partial charge in [-0.05, 0) is 56.6 Å². The second-order valence-corrected chi connectivity index (χ2v) is 10.2. The molecule has 12 heteroatoms. The maximum atomic E-state index is 13.2. The Bertz CT molecular complexity index is 1470. The summed E-state index contributed by atoms with van der Waals surface area (Å²) in [7, 11) is 4.11. The maximum absolute atomic E-state index is 13.2. The molecule has 1 aliphatic rings. The number of amides is 1. The summed E-state index contributed by atoms with van der Waals surface area (Å²) in [6.07, 6.45) is 5.08. The van der Waals surface area contributed by atoms with Crippen molar-refractivity contribution in [1.82, 2.24) is 29.1 Å². The Morgan fingerprint density at radius 3 is 2.52 bits per heavy atom. The van der Waals surface area contributed by atoms with Gasteiger partial charge in [-0.15, -0.1) is 0 Å². The zero-order valence-corrected chi connectivity index (χ0v) is 23.0. The van der Waals surface area contributed by atoms with Crippen LogP contribution in [-0.4, -0.2) is 95.0 Å². The molecule has 2 aromatic carbocycles. The fourth-order valence-electron chi connectivity index (χ4n) is 4.62. The molecule has 0 unspecified atom stereocenters. The van der Waals surface area contributed by atoms with Crippen molar-refractivity contribution < 1.29 is 18.3 Å². The number of carbonyl (C=O) groups excluding carboxylic acids is 1. The van der Waals surface area contributed by atoms with E-state index in [2.05, 4.69) is 43.9 Å². The zero-order chi connectivity index (χ0) is 28.2. The Labute approximate surface area is 235 Å². The first-order chi connectivity index (χ1) is 19.3. The minimum absolute atomic E-state index is 0.0769. The smallest absolute Gasteiger partial charge is 0.387 e. The van der Waals surface area contributed by atoms with Gasteiger partial charge in [0.1, 0.15) is 5.75 Å². The van der Waals surface area contributed by atoms with E-state index < -0.39 is 6.61 Å². The summed E-state index contributed by atoms with van der Waals surface area (Å²) >= 11 is 6.57. The van der Waals surface area contributed by atoms with E-state index in [0.717, 1.165) is 37.4 Å². The molecule has 210 valence electrons. The molecule has 40 heavy (non-hydrogen) atoms. The van der Waals surface area contributed by atoms with Gasteiger partial charge in [0.2, 0.25) is 0 Å². The highest BCUT2D eigenvalue weighted by Crippen LogP contribution is 2.29. The number of fused-ring (bicyclic) bond motifs is 1. The van der Waals surface area contributed by atoms with Crippen molar-refractivity contribution in [2.24, 2.45) is 0 Å². The minimum Gasteiger partial charge on any atom is -0.435 e. The number of halogens is 3. The molecule has 4 aromatic rings. The molecule has 0 aliphatic carbocycles. The second-order valence-electron chi connectivity index (χ2n) is 9.77. The van der Waals surface area contributed by atoms with Crippen molar-refractivity contribution in [3.8, 4) is 17.0 Å². The number of alkyl halides is 2. The lowest BCUT2D eigenvalue weighted by Crippen LogP contribution is -2.50. The van der Waals surface area contributed by atoms with Crippen LogP contribution in [0.15, 0.2) is 61.1 Å². The van der Waals surface area contributed by atoms with Crippen LogP contribution in [0.2, 0.25) is 5.02 Å². The highest BCUT2D eigenvalue weighted by molar-refractivity contribution is 6.34. The van der Waals surface area contributed by atoms with Crippen molar-refractivity contribution in [3.05, 3.63) is 71.6 Å². The molecule has 3 heterocycles. The number of carbonyl (C=O) groups is 1. The summed E-state index contributed by atoms with van der Waals surface area (Å²) in [5, 5.41) is 3.59. The van der Waals surface area contributed by atoms with Gasteiger partial charge in [0.15, 0.2) is 11.5 Å². The minimum atomic E-state index is -2.88. The molecule has 1 aliphatic heterocycles. The molecule has 1 fully saturated rings. The van der Waals surface area contributed by atoms with Gasteiger partial charge in [-0.1, -0.05) is 11.6 Å². The predicted molar refractivity (Wildman–Crippen MR) is 151 cm³/mol. The van der Waals surface area contributed by atoms with Gasteiger partial charge in [0, 0.05) is 62.9 Å². The number of hydrogen-bond acceptors (Lipinski definition) is 7. The summed E-state index contributed by atoms with van der Waals surface area (Å²) in [5.74, 6) is 0.500. The largest absolute Gasteiger partial charge is 0.435 e. The van der Waals surface area contributed by atoms with E-state index in [9.17, 15) is 13.6 Å². The van der Waals surface area contributed by atoms with Gasteiger partial charge in [0.25, 0.3) is 5.91 Å². The van der Waals surface area contributed by atoms with Crippen LogP contribution in [-0.2, 0) is 0 Å². The van der Waals surface area contributed by atoms with Gasteiger partial charge in [0.05, 0.1) is 22.5 Å².